The quantitative estimate of drug-likeness (QED) is 0.852. The molecule has 1 saturated heterocycles. The second-order valence-corrected chi connectivity index (χ2v) is 6.92. The van der Waals surface area contributed by atoms with Crippen molar-refractivity contribution in [2.24, 2.45) is 0 Å². The Bertz CT molecular complexity index is 776. The van der Waals surface area contributed by atoms with Gasteiger partial charge in [-0.05, 0) is 49.9 Å². The number of carbonyl (C=O) groups is 2. The molecule has 1 N–H and O–H groups in total. The number of hydrogen-bond acceptors (Lipinski definition) is 3. The third-order valence-electron chi connectivity index (χ3n) is 4.88. The molecule has 2 amide bonds. The molecule has 0 bridgehead atoms. The predicted molar refractivity (Wildman–Crippen MR) is 105 cm³/mol. The minimum atomic E-state index is -0.166. The number of hydrogen-bond donors (Lipinski definition) is 1. The summed E-state index contributed by atoms with van der Waals surface area (Å²) in [5, 5.41) is 2.90. The zero-order valence-corrected chi connectivity index (χ0v) is 15.7. The molecule has 3 rings (SSSR count). The Morgan fingerprint density at radius 1 is 1.11 bits per heavy atom. The summed E-state index contributed by atoms with van der Waals surface area (Å²) in [7, 11) is 0. The Hall–Kier alpha value is -2.82. The maximum atomic E-state index is 12.4. The molecule has 0 saturated carbocycles. The van der Waals surface area contributed by atoms with Gasteiger partial charge in [0.25, 0.3) is 11.8 Å². The normalized spacial score (nSPS) is 16.6. The van der Waals surface area contributed by atoms with Gasteiger partial charge in [-0.1, -0.05) is 36.4 Å². The number of ether oxygens (including phenoxy) is 1. The molecular formula is C22H26N2O3. The standard InChI is InChI=1S/C22H26N2O3/c1-17-8-5-6-13-24(17)21(25)16-27-20-12-7-11-19(14-20)22(26)23-15-18-9-3-2-4-10-18/h2-4,7,9-12,14,17H,5-6,8,13,15-16H2,1H3,(H,23,26)/t17-/m0/s1. The fraction of sp³-hybridized carbons (Fsp3) is 0.364. The maximum absolute atomic E-state index is 12.4. The van der Waals surface area contributed by atoms with Crippen LogP contribution < -0.4 is 10.1 Å². The largest absolute Gasteiger partial charge is 0.484 e. The molecule has 0 unspecified atom stereocenters. The van der Waals surface area contributed by atoms with E-state index in [9.17, 15) is 9.59 Å². The first kappa shape index (κ1) is 19.0. The molecule has 0 radical (unpaired) electrons. The molecule has 1 atom stereocenters. The fourth-order valence-corrected chi connectivity index (χ4v) is 3.30. The van der Waals surface area contributed by atoms with Crippen molar-refractivity contribution in [2.75, 3.05) is 13.2 Å². The number of piperidine rings is 1. The first-order valence-corrected chi connectivity index (χ1v) is 9.48. The fourth-order valence-electron chi connectivity index (χ4n) is 3.30. The van der Waals surface area contributed by atoms with Crippen molar-refractivity contribution in [1.29, 1.82) is 0 Å². The Kier molecular flexibility index (Phi) is 6.47. The SMILES string of the molecule is C[C@H]1CCCCN1C(=O)COc1cccc(C(=O)NCc2ccccc2)c1. The van der Waals surface area contributed by atoms with Crippen LogP contribution in [0.5, 0.6) is 5.75 Å². The van der Waals surface area contributed by atoms with Crippen molar-refractivity contribution in [3.8, 4) is 5.75 Å². The van der Waals surface area contributed by atoms with Crippen LogP contribution in [0.4, 0.5) is 0 Å². The zero-order valence-electron chi connectivity index (χ0n) is 15.7. The van der Waals surface area contributed by atoms with E-state index in [1.165, 1.54) is 6.42 Å². The molecule has 1 aliphatic heterocycles. The van der Waals surface area contributed by atoms with Crippen LogP contribution in [-0.4, -0.2) is 35.9 Å². The third-order valence-corrected chi connectivity index (χ3v) is 4.88. The van der Waals surface area contributed by atoms with Gasteiger partial charge in [-0.25, -0.2) is 0 Å². The van der Waals surface area contributed by atoms with E-state index in [4.69, 9.17) is 4.74 Å². The first-order valence-electron chi connectivity index (χ1n) is 9.48. The van der Waals surface area contributed by atoms with E-state index in [0.717, 1.165) is 24.9 Å². The summed E-state index contributed by atoms with van der Waals surface area (Å²) in [5.41, 5.74) is 1.56. The smallest absolute Gasteiger partial charge is 0.260 e. The predicted octanol–water partition coefficient (Wildman–Crippen LogP) is 3.40. The van der Waals surface area contributed by atoms with Crippen LogP contribution >= 0.6 is 0 Å². The number of nitrogens with zero attached hydrogens (tertiary/aromatic N) is 1. The minimum Gasteiger partial charge on any atom is -0.484 e. The van der Waals surface area contributed by atoms with Crippen molar-refractivity contribution >= 4 is 11.8 Å². The molecule has 0 aliphatic carbocycles. The van der Waals surface area contributed by atoms with E-state index < -0.39 is 0 Å². The molecule has 2 aromatic carbocycles. The number of rotatable bonds is 6. The molecule has 1 aliphatic rings. The number of carbonyl (C=O) groups excluding carboxylic acids is 2. The molecule has 2 aromatic rings. The van der Waals surface area contributed by atoms with Crippen molar-refractivity contribution in [2.45, 2.75) is 38.8 Å². The Morgan fingerprint density at radius 2 is 1.93 bits per heavy atom. The Balaban J connectivity index is 1.53. The van der Waals surface area contributed by atoms with Gasteiger partial charge >= 0.3 is 0 Å². The second kappa shape index (κ2) is 9.21. The van der Waals surface area contributed by atoms with Crippen LogP contribution in [0.2, 0.25) is 0 Å². The zero-order chi connectivity index (χ0) is 19.1. The van der Waals surface area contributed by atoms with Gasteiger partial charge in [0.2, 0.25) is 0 Å². The number of likely N-dealkylation sites (tertiary alicyclic amines) is 1. The van der Waals surface area contributed by atoms with E-state index in [1.807, 2.05) is 35.2 Å². The highest BCUT2D eigenvalue weighted by Crippen LogP contribution is 2.18. The molecule has 5 heteroatoms. The van der Waals surface area contributed by atoms with Crippen LogP contribution in [0, 0.1) is 0 Å². The molecule has 27 heavy (non-hydrogen) atoms. The Labute approximate surface area is 160 Å². The lowest BCUT2D eigenvalue weighted by atomic mass is 10.0. The number of benzene rings is 2. The topological polar surface area (TPSA) is 58.6 Å². The van der Waals surface area contributed by atoms with Gasteiger partial charge in [-0.2, -0.15) is 0 Å². The van der Waals surface area contributed by atoms with Gasteiger partial charge in [0, 0.05) is 24.7 Å². The molecule has 142 valence electrons. The Morgan fingerprint density at radius 3 is 2.70 bits per heavy atom. The summed E-state index contributed by atoms with van der Waals surface area (Å²) >= 11 is 0. The van der Waals surface area contributed by atoms with Gasteiger partial charge in [0.1, 0.15) is 5.75 Å². The average Bonchev–Trinajstić information content (AvgIpc) is 2.71. The molecule has 5 nitrogen and oxygen atoms in total. The van der Waals surface area contributed by atoms with Crippen LogP contribution in [0.1, 0.15) is 42.1 Å². The first-order chi connectivity index (χ1) is 13.1. The van der Waals surface area contributed by atoms with E-state index >= 15 is 0 Å². The molecular weight excluding hydrogens is 340 g/mol. The lowest BCUT2D eigenvalue weighted by Gasteiger charge is -2.33. The van der Waals surface area contributed by atoms with Crippen molar-refractivity contribution < 1.29 is 14.3 Å². The van der Waals surface area contributed by atoms with Crippen LogP contribution in [0.15, 0.2) is 54.6 Å². The summed E-state index contributed by atoms with van der Waals surface area (Å²) < 4.78 is 5.65. The van der Waals surface area contributed by atoms with Gasteiger partial charge in [0.05, 0.1) is 0 Å². The van der Waals surface area contributed by atoms with Gasteiger partial charge in [-0.3, -0.25) is 9.59 Å². The summed E-state index contributed by atoms with van der Waals surface area (Å²) in [5.74, 6) is 0.363. The van der Waals surface area contributed by atoms with Crippen LogP contribution in [0.25, 0.3) is 0 Å². The highest BCUT2D eigenvalue weighted by Gasteiger charge is 2.23. The van der Waals surface area contributed by atoms with Gasteiger partial charge < -0.3 is 15.0 Å². The number of amides is 2. The molecule has 1 heterocycles. The monoisotopic (exact) mass is 366 g/mol. The molecule has 1 fully saturated rings. The summed E-state index contributed by atoms with van der Waals surface area (Å²) in [6.45, 7) is 3.34. The number of nitrogens with one attached hydrogen (secondary N) is 1. The van der Waals surface area contributed by atoms with Crippen LogP contribution in [-0.2, 0) is 11.3 Å². The summed E-state index contributed by atoms with van der Waals surface area (Å²) in [6.07, 6.45) is 3.27. The summed E-state index contributed by atoms with van der Waals surface area (Å²) in [6, 6.07) is 17.0. The maximum Gasteiger partial charge on any atom is 0.260 e. The van der Waals surface area contributed by atoms with E-state index in [-0.39, 0.29) is 24.5 Å². The summed E-state index contributed by atoms with van der Waals surface area (Å²) in [4.78, 5) is 26.6. The lowest BCUT2D eigenvalue weighted by Crippen LogP contribution is -2.44. The van der Waals surface area contributed by atoms with E-state index in [1.54, 1.807) is 24.3 Å². The minimum absolute atomic E-state index is 0.000568. The van der Waals surface area contributed by atoms with E-state index in [2.05, 4.69) is 12.2 Å². The van der Waals surface area contributed by atoms with Gasteiger partial charge in [-0.15, -0.1) is 0 Å². The van der Waals surface area contributed by atoms with Crippen molar-refractivity contribution in [3.05, 3.63) is 65.7 Å². The highest BCUT2D eigenvalue weighted by molar-refractivity contribution is 5.94. The van der Waals surface area contributed by atoms with E-state index in [0.29, 0.717) is 17.9 Å². The van der Waals surface area contributed by atoms with Crippen molar-refractivity contribution in [1.82, 2.24) is 10.2 Å². The average molecular weight is 366 g/mol. The van der Waals surface area contributed by atoms with Crippen LogP contribution in [0.3, 0.4) is 0 Å². The molecule has 0 aromatic heterocycles. The lowest BCUT2D eigenvalue weighted by molar-refractivity contribution is -0.136. The highest BCUT2D eigenvalue weighted by atomic mass is 16.5. The third kappa shape index (κ3) is 5.33. The molecule has 0 spiro atoms. The van der Waals surface area contributed by atoms with Gasteiger partial charge in [0.15, 0.2) is 6.61 Å². The second-order valence-electron chi connectivity index (χ2n) is 6.92. The van der Waals surface area contributed by atoms with Crippen molar-refractivity contribution in [3.63, 3.8) is 0 Å².